The molecule has 0 aliphatic carbocycles. The topological polar surface area (TPSA) is 35.6 Å². The molecule has 290 valence electrons. The summed E-state index contributed by atoms with van der Waals surface area (Å²) in [4.78, 5) is 10.6. The lowest BCUT2D eigenvalue weighted by Crippen LogP contribution is -1.98. The molecule has 0 radical (unpaired) electrons. The molecule has 0 aliphatic rings. The van der Waals surface area contributed by atoms with Crippen molar-refractivity contribution in [3.8, 4) is 67.5 Å². The van der Waals surface area contributed by atoms with Crippen LogP contribution < -0.4 is 0 Å². The fourth-order valence-electron chi connectivity index (χ4n) is 9.20. The molecule has 12 aromatic rings. The summed E-state index contributed by atoms with van der Waals surface area (Å²) in [6.07, 6.45) is 0. The highest BCUT2D eigenvalue weighted by molar-refractivity contribution is 6.10. The van der Waals surface area contributed by atoms with Crippen LogP contribution in [0, 0.1) is 0 Å². The SMILES string of the molecule is c1ccc(-c2ccc(-c3nc(-c4cccc(-c5cccc(-n6c7ccccc7c7ccccc76)c5)c4)cc(-c4cccc(-n5c6ccccc6c6ccccc65)c4)n3)cc2)cc1. The van der Waals surface area contributed by atoms with Gasteiger partial charge in [-0.05, 0) is 82.9 Å². The highest BCUT2D eigenvalue weighted by Crippen LogP contribution is 2.37. The third-order valence-corrected chi connectivity index (χ3v) is 12.1. The normalized spacial score (nSPS) is 11.5. The largest absolute Gasteiger partial charge is 0.309 e. The molecule has 0 aliphatic heterocycles. The molecular formula is C58H38N4. The lowest BCUT2D eigenvalue weighted by atomic mass is 9.99. The van der Waals surface area contributed by atoms with Crippen molar-refractivity contribution < 1.29 is 0 Å². The molecule has 3 heterocycles. The van der Waals surface area contributed by atoms with Crippen LogP contribution in [0.3, 0.4) is 0 Å². The summed E-state index contributed by atoms with van der Waals surface area (Å²) < 4.78 is 4.73. The van der Waals surface area contributed by atoms with Crippen molar-refractivity contribution in [2.75, 3.05) is 0 Å². The number of hydrogen-bond donors (Lipinski definition) is 0. The summed E-state index contributed by atoms with van der Waals surface area (Å²) in [5.41, 5.74) is 16.2. The van der Waals surface area contributed by atoms with Gasteiger partial charge in [-0.25, -0.2) is 9.97 Å². The Morgan fingerprint density at radius 3 is 1.11 bits per heavy atom. The van der Waals surface area contributed by atoms with Crippen molar-refractivity contribution in [2.45, 2.75) is 0 Å². The standard InChI is InChI=1S/C58H38N4/c1-2-15-39(16-3-1)40-31-33-41(34-32-40)58-59-52(38-53(60-58)45-20-14-22-47(37-45)62-56-29-10-6-25-50(56)51-26-7-11-30-57(51)62)44-19-12-17-42(35-44)43-18-13-21-46(36-43)61-54-27-8-4-23-48(54)49-24-5-9-28-55(49)61/h1-38H. The van der Waals surface area contributed by atoms with E-state index in [2.05, 4.69) is 234 Å². The molecule has 0 bridgehead atoms. The van der Waals surface area contributed by atoms with Crippen LogP contribution in [0.1, 0.15) is 0 Å². The van der Waals surface area contributed by atoms with Crippen LogP contribution in [0.25, 0.3) is 111 Å². The Balaban J connectivity index is 0.988. The number of hydrogen-bond acceptors (Lipinski definition) is 2. The summed E-state index contributed by atoms with van der Waals surface area (Å²) in [6.45, 7) is 0. The van der Waals surface area contributed by atoms with E-state index in [1.807, 2.05) is 6.07 Å². The first kappa shape index (κ1) is 35.6. The zero-order chi connectivity index (χ0) is 41.0. The van der Waals surface area contributed by atoms with Gasteiger partial charge in [0.1, 0.15) is 0 Å². The molecule has 4 nitrogen and oxygen atoms in total. The first-order valence-electron chi connectivity index (χ1n) is 21.1. The Bertz CT molecular complexity index is 3530. The maximum atomic E-state index is 5.30. The van der Waals surface area contributed by atoms with Gasteiger partial charge in [0.2, 0.25) is 0 Å². The van der Waals surface area contributed by atoms with E-state index in [4.69, 9.17) is 9.97 Å². The van der Waals surface area contributed by atoms with Gasteiger partial charge >= 0.3 is 0 Å². The van der Waals surface area contributed by atoms with E-state index in [9.17, 15) is 0 Å². The number of rotatable bonds is 7. The van der Waals surface area contributed by atoms with Gasteiger partial charge in [-0.3, -0.25) is 0 Å². The fourth-order valence-corrected chi connectivity index (χ4v) is 9.20. The van der Waals surface area contributed by atoms with Gasteiger partial charge in [0, 0.05) is 49.6 Å². The van der Waals surface area contributed by atoms with Crippen LogP contribution >= 0.6 is 0 Å². The third-order valence-electron chi connectivity index (χ3n) is 12.1. The van der Waals surface area contributed by atoms with Crippen LogP contribution in [0.5, 0.6) is 0 Å². The van der Waals surface area contributed by atoms with Crippen molar-refractivity contribution in [3.63, 3.8) is 0 Å². The second-order valence-corrected chi connectivity index (χ2v) is 15.8. The smallest absolute Gasteiger partial charge is 0.160 e. The van der Waals surface area contributed by atoms with Crippen LogP contribution in [-0.4, -0.2) is 19.1 Å². The highest BCUT2D eigenvalue weighted by atomic mass is 15.0. The lowest BCUT2D eigenvalue weighted by molar-refractivity contribution is 1.16. The van der Waals surface area contributed by atoms with Crippen molar-refractivity contribution in [1.82, 2.24) is 19.1 Å². The average Bonchev–Trinajstić information content (AvgIpc) is 3.87. The molecule has 0 fully saturated rings. The quantitative estimate of drug-likeness (QED) is 0.161. The molecule has 0 saturated carbocycles. The number of para-hydroxylation sites is 4. The first-order chi connectivity index (χ1) is 30.7. The van der Waals surface area contributed by atoms with E-state index in [0.29, 0.717) is 5.82 Å². The maximum absolute atomic E-state index is 5.30. The number of fused-ring (bicyclic) bond motifs is 6. The van der Waals surface area contributed by atoms with Gasteiger partial charge in [-0.1, -0.05) is 170 Å². The minimum atomic E-state index is 0.679. The minimum Gasteiger partial charge on any atom is -0.309 e. The van der Waals surface area contributed by atoms with Gasteiger partial charge in [0.25, 0.3) is 0 Å². The van der Waals surface area contributed by atoms with Gasteiger partial charge in [0.05, 0.1) is 33.5 Å². The van der Waals surface area contributed by atoms with Gasteiger partial charge in [0.15, 0.2) is 5.82 Å². The van der Waals surface area contributed by atoms with Gasteiger partial charge in [-0.2, -0.15) is 0 Å². The van der Waals surface area contributed by atoms with Gasteiger partial charge in [-0.15, -0.1) is 0 Å². The Kier molecular flexibility index (Phi) is 8.46. The summed E-state index contributed by atoms with van der Waals surface area (Å²) in [5.74, 6) is 0.679. The van der Waals surface area contributed by atoms with Crippen molar-refractivity contribution in [1.29, 1.82) is 0 Å². The first-order valence-corrected chi connectivity index (χ1v) is 21.1. The van der Waals surface area contributed by atoms with E-state index in [1.54, 1.807) is 0 Å². The minimum absolute atomic E-state index is 0.679. The summed E-state index contributed by atoms with van der Waals surface area (Å²) in [5, 5.41) is 4.97. The molecule has 9 aromatic carbocycles. The molecule has 0 saturated heterocycles. The van der Waals surface area contributed by atoms with E-state index in [1.165, 1.54) is 49.2 Å². The zero-order valence-corrected chi connectivity index (χ0v) is 33.7. The van der Waals surface area contributed by atoms with Crippen LogP contribution in [0.2, 0.25) is 0 Å². The average molecular weight is 791 g/mol. The molecule has 0 unspecified atom stereocenters. The summed E-state index contributed by atoms with van der Waals surface area (Å²) in [6, 6.07) is 82.1. The molecular weight excluding hydrogens is 753 g/mol. The molecule has 3 aromatic heterocycles. The Labute approximate surface area is 359 Å². The molecule has 12 rings (SSSR count). The van der Waals surface area contributed by atoms with E-state index < -0.39 is 0 Å². The molecule has 0 spiro atoms. The van der Waals surface area contributed by atoms with Crippen molar-refractivity contribution in [3.05, 3.63) is 231 Å². The van der Waals surface area contributed by atoms with E-state index in [-0.39, 0.29) is 0 Å². The zero-order valence-electron chi connectivity index (χ0n) is 33.7. The second kappa shape index (κ2) is 14.7. The number of aromatic nitrogens is 4. The van der Waals surface area contributed by atoms with Crippen molar-refractivity contribution >= 4 is 43.6 Å². The lowest BCUT2D eigenvalue weighted by Gasteiger charge is -2.13. The maximum Gasteiger partial charge on any atom is 0.160 e. The molecule has 0 amide bonds. The molecule has 0 atom stereocenters. The monoisotopic (exact) mass is 790 g/mol. The summed E-state index contributed by atoms with van der Waals surface area (Å²) in [7, 11) is 0. The predicted molar refractivity (Wildman–Crippen MR) is 258 cm³/mol. The second-order valence-electron chi connectivity index (χ2n) is 15.8. The van der Waals surface area contributed by atoms with E-state index >= 15 is 0 Å². The Hall–Kier alpha value is -8.34. The van der Waals surface area contributed by atoms with Crippen molar-refractivity contribution in [2.24, 2.45) is 0 Å². The third kappa shape index (κ3) is 6.08. The van der Waals surface area contributed by atoms with Crippen LogP contribution in [0.4, 0.5) is 0 Å². The molecule has 4 heteroatoms. The van der Waals surface area contributed by atoms with Crippen LogP contribution in [0.15, 0.2) is 231 Å². The predicted octanol–water partition coefficient (Wildman–Crippen LogP) is 15.0. The van der Waals surface area contributed by atoms with E-state index in [0.717, 1.165) is 56.1 Å². The fraction of sp³-hybridized carbons (Fsp3) is 0. The van der Waals surface area contributed by atoms with Gasteiger partial charge < -0.3 is 9.13 Å². The Morgan fingerprint density at radius 2 is 0.597 bits per heavy atom. The molecule has 0 N–H and O–H groups in total. The number of nitrogens with zero attached hydrogens (tertiary/aromatic N) is 4. The summed E-state index contributed by atoms with van der Waals surface area (Å²) >= 11 is 0. The molecule has 62 heavy (non-hydrogen) atoms. The Morgan fingerprint density at radius 1 is 0.242 bits per heavy atom. The highest BCUT2D eigenvalue weighted by Gasteiger charge is 2.17. The number of benzene rings is 9. The van der Waals surface area contributed by atoms with Crippen LogP contribution in [-0.2, 0) is 0 Å².